The Labute approximate surface area is 110 Å². The molecular formula is C14H28N2O2. The van der Waals surface area contributed by atoms with Crippen molar-refractivity contribution in [2.24, 2.45) is 5.73 Å². The molecule has 0 aromatic rings. The second-order valence-corrected chi connectivity index (χ2v) is 5.99. The van der Waals surface area contributed by atoms with Crippen LogP contribution in [0.3, 0.4) is 0 Å². The monoisotopic (exact) mass is 256 g/mol. The Hall–Kier alpha value is -0.160. The van der Waals surface area contributed by atoms with E-state index < -0.39 is 0 Å². The molecule has 106 valence electrons. The molecule has 1 heterocycles. The van der Waals surface area contributed by atoms with Crippen molar-refractivity contribution in [3.63, 3.8) is 0 Å². The van der Waals surface area contributed by atoms with Gasteiger partial charge in [0.05, 0.1) is 12.7 Å². The molecule has 1 saturated carbocycles. The van der Waals surface area contributed by atoms with Crippen molar-refractivity contribution in [3.05, 3.63) is 0 Å². The van der Waals surface area contributed by atoms with E-state index in [-0.39, 0.29) is 12.1 Å². The molecule has 4 heteroatoms. The van der Waals surface area contributed by atoms with Crippen molar-refractivity contribution < 1.29 is 9.84 Å². The third-order valence-electron chi connectivity index (χ3n) is 4.55. The topological polar surface area (TPSA) is 58.7 Å². The molecule has 2 aliphatic rings. The molecule has 18 heavy (non-hydrogen) atoms. The molecule has 3 unspecified atom stereocenters. The highest BCUT2D eigenvalue weighted by Crippen LogP contribution is 2.30. The maximum atomic E-state index is 9.44. The number of nitrogens with zero attached hydrogens (tertiary/aromatic N) is 1. The van der Waals surface area contributed by atoms with Crippen LogP contribution in [0.15, 0.2) is 0 Å². The lowest BCUT2D eigenvalue weighted by molar-refractivity contribution is 0.0331. The summed E-state index contributed by atoms with van der Waals surface area (Å²) in [6.07, 6.45) is 7.01. The van der Waals surface area contributed by atoms with Gasteiger partial charge in [-0.25, -0.2) is 0 Å². The van der Waals surface area contributed by atoms with Crippen LogP contribution in [0.5, 0.6) is 0 Å². The lowest BCUT2D eigenvalue weighted by Crippen LogP contribution is -2.54. The van der Waals surface area contributed by atoms with E-state index in [1.165, 1.54) is 19.3 Å². The van der Waals surface area contributed by atoms with Crippen LogP contribution in [0, 0.1) is 0 Å². The highest BCUT2D eigenvalue weighted by atomic mass is 16.5. The lowest BCUT2D eigenvalue weighted by Gasteiger charge is -2.42. The van der Waals surface area contributed by atoms with E-state index in [1.54, 1.807) is 0 Å². The number of likely N-dealkylation sites (N-methyl/N-ethyl adjacent to an activating group) is 1. The zero-order valence-corrected chi connectivity index (χ0v) is 11.6. The average Bonchev–Trinajstić information content (AvgIpc) is 2.89. The van der Waals surface area contributed by atoms with E-state index in [0.29, 0.717) is 12.1 Å². The molecule has 0 aromatic carbocycles. The van der Waals surface area contributed by atoms with E-state index in [2.05, 4.69) is 11.8 Å². The van der Waals surface area contributed by atoms with Crippen molar-refractivity contribution in [3.8, 4) is 0 Å². The maximum absolute atomic E-state index is 9.44. The number of rotatable bonds is 5. The Morgan fingerprint density at radius 3 is 2.83 bits per heavy atom. The predicted molar refractivity (Wildman–Crippen MR) is 72.5 cm³/mol. The van der Waals surface area contributed by atoms with E-state index >= 15 is 0 Å². The molecule has 4 nitrogen and oxygen atoms in total. The molecule has 1 aliphatic heterocycles. The molecule has 0 spiro atoms. The lowest BCUT2D eigenvalue weighted by atomic mass is 9.79. The van der Waals surface area contributed by atoms with Gasteiger partial charge in [0.25, 0.3) is 0 Å². The Bertz CT molecular complexity index is 256. The van der Waals surface area contributed by atoms with Crippen molar-refractivity contribution in [2.45, 2.75) is 63.1 Å². The molecule has 3 atom stereocenters. The fraction of sp³-hybridized carbons (Fsp3) is 1.00. The van der Waals surface area contributed by atoms with Crippen LogP contribution in [0.25, 0.3) is 0 Å². The quantitative estimate of drug-likeness (QED) is 0.774. The van der Waals surface area contributed by atoms with Gasteiger partial charge >= 0.3 is 0 Å². The zero-order valence-electron chi connectivity index (χ0n) is 11.6. The van der Waals surface area contributed by atoms with E-state index in [0.717, 1.165) is 39.0 Å². The summed E-state index contributed by atoms with van der Waals surface area (Å²) in [5.41, 5.74) is 5.89. The minimum Gasteiger partial charge on any atom is -0.394 e. The molecule has 0 radical (unpaired) electrons. The highest BCUT2D eigenvalue weighted by molar-refractivity contribution is 4.94. The average molecular weight is 256 g/mol. The Kier molecular flexibility index (Phi) is 5.01. The summed E-state index contributed by atoms with van der Waals surface area (Å²) in [5, 5.41) is 9.44. The molecule has 1 saturated heterocycles. The van der Waals surface area contributed by atoms with Crippen LogP contribution in [-0.2, 0) is 4.74 Å². The highest BCUT2D eigenvalue weighted by Gasteiger charge is 2.35. The summed E-state index contributed by atoms with van der Waals surface area (Å²) < 4.78 is 5.73. The summed E-state index contributed by atoms with van der Waals surface area (Å²) in [6, 6.07) is 0.519. The number of nitrogens with two attached hydrogens (primary N) is 1. The summed E-state index contributed by atoms with van der Waals surface area (Å²) in [4.78, 5) is 2.51. The van der Waals surface area contributed by atoms with Gasteiger partial charge < -0.3 is 15.6 Å². The van der Waals surface area contributed by atoms with E-state index in [4.69, 9.17) is 10.5 Å². The van der Waals surface area contributed by atoms with Crippen LogP contribution in [0.4, 0.5) is 0 Å². The fourth-order valence-corrected chi connectivity index (χ4v) is 3.40. The molecule has 1 aliphatic carbocycles. The summed E-state index contributed by atoms with van der Waals surface area (Å²) in [5.74, 6) is 0. The van der Waals surface area contributed by atoms with Crippen LogP contribution in [0.2, 0.25) is 0 Å². The van der Waals surface area contributed by atoms with Crippen LogP contribution < -0.4 is 5.73 Å². The van der Waals surface area contributed by atoms with Crippen LogP contribution in [-0.4, -0.2) is 54.0 Å². The number of ether oxygens (including phenoxy) is 1. The third-order valence-corrected chi connectivity index (χ3v) is 4.55. The SMILES string of the molecule is CCN(CC1CCCO1)C1CCCC(N)(CO)C1. The van der Waals surface area contributed by atoms with Crippen LogP contribution in [0.1, 0.15) is 45.4 Å². The number of aliphatic hydroxyl groups excluding tert-OH is 1. The first-order chi connectivity index (χ1) is 8.67. The second kappa shape index (κ2) is 6.33. The van der Waals surface area contributed by atoms with Gasteiger partial charge in [-0.05, 0) is 45.1 Å². The Morgan fingerprint density at radius 1 is 1.39 bits per heavy atom. The van der Waals surface area contributed by atoms with Gasteiger partial charge in [0.15, 0.2) is 0 Å². The zero-order chi connectivity index (χ0) is 13.0. The van der Waals surface area contributed by atoms with Gasteiger partial charge in [-0.3, -0.25) is 4.90 Å². The van der Waals surface area contributed by atoms with Crippen LogP contribution >= 0.6 is 0 Å². The molecule has 2 rings (SSSR count). The largest absolute Gasteiger partial charge is 0.394 e. The number of hydrogen-bond donors (Lipinski definition) is 2. The number of aliphatic hydroxyl groups is 1. The number of hydrogen-bond acceptors (Lipinski definition) is 4. The van der Waals surface area contributed by atoms with Crippen molar-refractivity contribution >= 4 is 0 Å². The minimum atomic E-state index is -0.354. The Balaban J connectivity index is 1.90. The normalized spacial score (nSPS) is 37.3. The smallest absolute Gasteiger partial charge is 0.0702 e. The molecule has 0 aromatic heterocycles. The summed E-state index contributed by atoms with van der Waals surface area (Å²) in [7, 11) is 0. The van der Waals surface area contributed by atoms with Crippen molar-refractivity contribution in [1.82, 2.24) is 4.90 Å². The minimum absolute atomic E-state index is 0.112. The molecule has 0 bridgehead atoms. The first kappa shape index (κ1) is 14.3. The standard InChI is InChI=1S/C14H28N2O2/c1-2-16(10-13-6-4-8-18-13)12-5-3-7-14(15,9-12)11-17/h12-13,17H,2-11,15H2,1H3. The second-order valence-electron chi connectivity index (χ2n) is 5.99. The van der Waals surface area contributed by atoms with Gasteiger partial charge in [0.1, 0.15) is 0 Å². The van der Waals surface area contributed by atoms with E-state index in [1.807, 2.05) is 0 Å². The Morgan fingerprint density at radius 2 is 2.22 bits per heavy atom. The molecule has 3 N–H and O–H groups in total. The first-order valence-electron chi connectivity index (χ1n) is 7.42. The summed E-state index contributed by atoms with van der Waals surface area (Å²) in [6.45, 7) is 5.32. The predicted octanol–water partition coefficient (Wildman–Crippen LogP) is 1.12. The third kappa shape index (κ3) is 3.44. The van der Waals surface area contributed by atoms with Gasteiger partial charge in [0, 0.05) is 24.7 Å². The maximum Gasteiger partial charge on any atom is 0.0702 e. The first-order valence-corrected chi connectivity index (χ1v) is 7.42. The van der Waals surface area contributed by atoms with Crippen molar-refractivity contribution in [1.29, 1.82) is 0 Å². The van der Waals surface area contributed by atoms with Gasteiger partial charge in [0.2, 0.25) is 0 Å². The van der Waals surface area contributed by atoms with Gasteiger partial charge in [-0.1, -0.05) is 6.92 Å². The van der Waals surface area contributed by atoms with Gasteiger partial charge in [-0.2, -0.15) is 0 Å². The van der Waals surface area contributed by atoms with Gasteiger partial charge in [-0.15, -0.1) is 0 Å². The van der Waals surface area contributed by atoms with Crippen molar-refractivity contribution in [2.75, 3.05) is 26.3 Å². The summed E-state index contributed by atoms with van der Waals surface area (Å²) >= 11 is 0. The molecular weight excluding hydrogens is 228 g/mol. The molecule has 0 amide bonds. The fourth-order valence-electron chi connectivity index (χ4n) is 3.40. The van der Waals surface area contributed by atoms with E-state index in [9.17, 15) is 5.11 Å². The molecule has 2 fully saturated rings.